The Kier molecular flexibility index (Phi) is 13.4. The predicted molar refractivity (Wildman–Crippen MR) is 248 cm³/mol. The highest BCUT2D eigenvalue weighted by molar-refractivity contribution is 7.93. The Labute approximate surface area is 382 Å². The van der Waals surface area contributed by atoms with Gasteiger partial charge in [0.25, 0.3) is 0 Å². The second kappa shape index (κ2) is 18.8. The summed E-state index contributed by atoms with van der Waals surface area (Å²) >= 11 is 0. The number of methoxy groups -OCH3 is 3. The number of amides is 1. The molecule has 5 aromatic carbocycles. The minimum atomic E-state index is -4.98. The summed E-state index contributed by atoms with van der Waals surface area (Å²) < 4.78 is 79.8. The van der Waals surface area contributed by atoms with Crippen molar-refractivity contribution in [2.45, 2.75) is 68.7 Å². The number of sulfone groups is 1. The molecule has 1 amide bonds. The van der Waals surface area contributed by atoms with E-state index in [4.69, 9.17) is 25.0 Å². The summed E-state index contributed by atoms with van der Waals surface area (Å²) in [6, 6.07) is 27.6. The Hall–Kier alpha value is -7.03. The number of carboxylic acid groups (broad SMARTS) is 1. The number of fused-ring (bicyclic) bond motifs is 1. The van der Waals surface area contributed by atoms with Gasteiger partial charge in [0.15, 0.2) is 15.8 Å². The van der Waals surface area contributed by atoms with Crippen molar-refractivity contribution in [3.8, 4) is 39.8 Å². The molecule has 66 heavy (non-hydrogen) atoms. The van der Waals surface area contributed by atoms with Crippen LogP contribution in [0.2, 0.25) is 0 Å². The molecule has 2 heterocycles. The van der Waals surface area contributed by atoms with E-state index in [0.717, 1.165) is 10.5 Å². The molecule has 0 saturated carbocycles. The first kappa shape index (κ1) is 46.9. The van der Waals surface area contributed by atoms with E-state index in [2.05, 4.69) is 20.3 Å². The van der Waals surface area contributed by atoms with Crippen LogP contribution in [0.1, 0.15) is 44.4 Å². The number of rotatable bonds is 17. The third-order valence-corrected chi connectivity index (χ3v) is 14.8. The van der Waals surface area contributed by atoms with E-state index in [0.29, 0.717) is 45.0 Å². The molecule has 0 saturated heterocycles. The van der Waals surface area contributed by atoms with Crippen molar-refractivity contribution in [2.75, 3.05) is 32.8 Å². The van der Waals surface area contributed by atoms with Gasteiger partial charge in [-0.1, -0.05) is 54.6 Å². The SMILES string of the molecule is COc1ccc(CN(Cc2ccc(OC)cc2)S(=O)(=O)c2c(S(=O)(=O)CC(C)N(C(=O)O)C(C)(C)C)ccc(-c3cccc4[nH]c(N)nc34)c2-c2nnn(Cc3ccc(OC)cc3)n2)cc1. The molecular formula is C46H51N9O9S2. The second-order valence-electron chi connectivity index (χ2n) is 16.6. The lowest BCUT2D eigenvalue weighted by Crippen LogP contribution is -2.52. The maximum atomic E-state index is 16.1. The molecule has 7 rings (SSSR count). The van der Waals surface area contributed by atoms with E-state index < -0.39 is 53.1 Å². The number of sulfonamides is 1. The van der Waals surface area contributed by atoms with Gasteiger partial charge in [-0.2, -0.15) is 9.10 Å². The van der Waals surface area contributed by atoms with Gasteiger partial charge in [-0.3, -0.25) is 4.90 Å². The lowest BCUT2D eigenvalue weighted by molar-refractivity contribution is 0.0815. The number of nitrogen functional groups attached to an aromatic ring is 1. The maximum Gasteiger partial charge on any atom is 0.408 e. The minimum Gasteiger partial charge on any atom is -0.497 e. The van der Waals surface area contributed by atoms with Crippen molar-refractivity contribution >= 4 is 42.9 Å². The van der Waals surface area contributed by atoms with Crippen molar-refractivity contribution in [1.29, 1.82) is 0 Å². The van der Waals surface area contributed by atoms with Gasteiger partial charge in [0.05, 0.1) is 55.1 Å². The lowest BCUT2D eigenvalue weighted by Gasteiger charge is -2.38. The summed E-state index contributed by atoms with van der Waals surface area (Å²) in [7, 11) is -5.10. The van der Waals surface area contributed by atoms with Crippen LogP contribution in [0.15, 0.2) is 113 Å². The van der Waals surface area contributed by atoms with Crippen molar-refractivity contribution in [1.82, 2.24) is 39.4 Å². The van der Waals surface area contributed by atoms with Crippen LogP contribution in [0.4, 0.5) is 10.7 Å². The summed E-state index contributed by atoms with van der Waals surface area (Å²) in [5.41, 5.74) is 8.32. The molecule has 0 spiro atoms. The summed E-state index contributed by atoms with van der Waals surface area (Å²) in [6.45, 7) is 6.06. The van der Waals surface area contributed by atoms with Crippen LogP contribution >= 0.6 is 0 Å². The number of benzene rings is 5. The van der Waals surface area contributed by atoms with E-state index in [1.165, 1.54) is 42.4 Å². The van der Waals surface area contributed by atoms with Crippen LogP contribution in [0.5, 0.6) is 17.2 Å². The van der Waals surface area contributed by atoms with Gasteiger partial charge in [-0.05, 0) is 104 Å². The second-order valence-corrected chi connectivity index (χ2v) is 20.4. The molecule has 346 valence electrons. The number of anilines is 1. The Morgan fingerprint density at radius 3 is 1.85 bits per heavy atom. The molecule has 0 aliphatic rings. The number of imidazole rings is 1. The zero-order valence-corrected chi connectivity index (χ0v) is 39.1. The first-order valence-electron chi connectivity index (χ1n) is 20.7. The summed E-state index contributed by atoms with van der Waals surface area (Å²) in [6.07, 6.45) is -1.34. The van der Waals surface area contributed by atoms with Crippen molar-refractivity contribution in [3.05, 3.63) is 120 Å². The first-order chi connectivity index (χ1) is 31.3. The van der Waals surface area contributed by atoms with E-state index in [1.54, 1.807) is 107 Å². The Bertz CT molecular complexity index is 3030. The van der Waals surface area contributed by atoms with E-state index >= 15 is 16.8 Å². The molecule has 0 aliphatic carbocycles. The van der Waals surface area contributed by atoms with Gasteiger partial charge in [0.2, 0.25) is 15.8 Å². The number of hydrogen-bond acceptors (Lipinski definition) is 13. The largest absolute Gasteiger partial charge is 0.497 e. The van der Waals surface area contributed by atoms with Gasteiger partial charge < -0.3 is 30.0 Å². The van der Waals surface area contributed by atoms with Gasteiger partial charge in [-0.25, -0.2) is 26.6 Å². The van der Waals surface area contributed by atoms with Crippen molar-refractivity contribution < 1.29 is 40.9 Å². The number of ether oxygens (including phenoxy) is 3. The first-order valence-corrected chi connectivity index (χ1v) is 23.8. The highest BCUT2D eigenvalue weighted by Gasteiger charge is 2.40. The average Bonchev–Trinajstić information content (AvgIpc) is 3.91. The van der Waals surface area contributed by atoms with Gasteiger partial charge in [0.1, 0.15) is 22.1 Å². The molecule has 20 heteroatoms. The van der Waals surface area contributed by atoms with Crippen LogP contribution in [-0.4, -0.2) is 106 Å². The standard InChI is InChI=1S/C46H51N9O9S2/c1-29(55(45(56)57)46(2,3)4)28-65(58,59)39-24-23-36(37-9-8-10-38-41(37)49-44(47)48-38)40(43-50-52-54(51-43)27-32-15-21-35(64-7)22-16-32)42(39)66(60,61)53(25-30-11-17-33(62-5)18-12-30)26-31-13-19-34(63-6)20-14-31/h8-24,29H,25-28H2,1-7H3,(H,56,57)(H3,47,48,49). The number of nitrogens with zero attached hydrogens (tertiary/aromatic N) is 7. The third-order valence-electron chi connectivity index (χ3n) is 10.9. The van der Waals surface area contributed by atoms with Gasteiger partial charge >= 0.3 is 6.09 Å². The fourth-order valence-corrected chi connectivity index (χ4v) is 11.9. The predicted octanol–water partition coefficient (Wildman–Crippen LogP) is 6.87. The molecule has 7 aromatic rings. The quantitative estimate of drug-likeness (QED) is 0.0845. The molecule has 0 aliphatic heterocycles. The lowest BCUT2D eigenvalue weighted by atomic mass is 9.98. The Balaban J connectivity index is 1.53. The molecular weight excluding hydrogens is 887 g/mol. The highest BCUT2D eigenvalue weighted by Crippen LogP contribution is 2.43. The number of nitrogens with one attached hydrogen (secondary N) is 1. The zero-order valence-electron chi connectivity index (χ0n) is 37.5. The van der Waals surface area contributed by atoms with Crippen molar-refractivity contribution in [2.24, 2.45) is 0 Å². The number of carbonyl (C=O) groups is 1. The van der Waals surface area contributed by atoms with Crippen LogP contribution < -0.4 is 19.9 Å². The normalized spacial score (nSPS) is 12.6. The fourth-order valence-electron chi connectivity index (χ4n) is 7.93. The number of hydrogen-bond donors (Lipinski definition) is 3. The number of para-hydroxylation sites is 1. The molecule has 18 nitrogen and oxygen atoms in total. The number of aromatic amines is 1. The number of nitrogens with two attached hydrogens (primary N) is 1. The van der Waals surface area contributed by atoms with Crippen LogP contribution in [0.25, 0.3) is 33.5 Å². The molecule has 0 bridgehead atoms. The zero-order chi connectivity index (χ0) is 47.6. The van der Waals surface area contributed by atoms with Crippen molar-refractivity contribution in [3.63, 3.8) is 0 Å². The monoisotopic (exact) mass is 937 g/mol. The molecule has 0 radical (unpaired) electrons. The van der Waals surface area contributed by atoms with E-state index in [1.807, 2.05) is 12.1 Å². The van der Waals surface area contributed by atoms with E-state index in [9.17, 15) is 9.90 Å². The molecule has 1 atom stereocenters. The molecule has 1 unspecified atom stereocenters. The topological polar surface area (TPSA) is 238 Å². The van der Waals surface area contributed by atoms with E-state index in [-0.39, 0.29) is 42.5 Å². The fraction of sp³-hybridized carbons (Fsp3) is 0.283. The summed E-state index contributed by atoms with van der Waals surface area (Å²) in [5.74, 6) is 0.826. The highest BCUT2D eigenvalue weighted by atomic mass is 32.2. The molecule has 4 N–H and O–H groups in total. The average molecular weight is 938 g/mol. The Morgan fingerprint density at radius 2 is 1.33 bits per heavy atom. The van der Waals surface area contributed by atoms with Gasteiger partial charge in [-0.15, -0.1) is 10.2 Å². The summed E-state index contributed by atoms with van der Waals surface area (Å²) in [5, 5.41) is 23.7. The Morgan fingerprint density at radius 1 is 0.788 bits per heavy atom. The maximum absolute atomic E-state index is 16.1. The molecule has 0 fully saturated rings. The van der Waals surface area contributed by atoms with Crippen LogP contribution in [-0.2, 0) is 39.5 Å². The van der Waals surface area contributed by atoms with Gasteiger partial charge in [0, 0.05) is 30.2 Å². The van der Waals surface area contributed by atoms with Crippen LogP contribution in [0.3, 0.4) is 0 Å². The smallest absolute Gasteiger partial charge is 0.408 e. The minimum absolute atomic E-state index is 0.0931. The summed E-state index contributed by atoms with van der Waals surface area (Å²) in [4.78, 5) is 21.2. The number of tetrazole rings is 1. The van der Waals surface area contributed by atoms with Crippen LogP contribution in [0, 0.1) is 0 Å². The number of H-pyrrole nitrogens is 1. The number of aromatic nitrogens is 6. The third kappa shape index (κ3) is 9.94. The molecule has 2 aromatic heterocycles.